The Morgan fingerprint density at radius 1 is 1.11 bits per heavy atom. The number of alkyl halides is 3. The van der Waals surface area contributed by atoms with Crippen molar-refractivity contribution in [1.29, 1.82) is 0 Å². The highest BCUT2D eigenvalue weighted by Crippen LogP contribution is 2.31. The molecule has 1 aromatic carbocycles. The van der Waals surface area contributed by atoms with E-state index in [0.29, 0.717) is 0 Å². The summed E-state index contributed by atoms with van der Waals surface area (Å²) in [5, 5.41) is -0.700. The van der Waals surface area contributed by atoms with Crippen LogP contribution in [0.4, 0.5) is 22.0 Å². The first-order valence-corrected chi connectivity index (χ1v) is 8.39. The van der Waals surface area contributed by atoms with E-state index < -0.39 is 47.1 Å². The van der Waals surface area contributed by atoms with Crippen molar-refractivity contribution in [3.8, 4) is 0 Å². The van der Waals surface area contributed by atoms with Gasteiger partial charge in [0.05, 0.1) is 15.9 Å². The third-order valence-corrected chi connectivity index (χ3v) is 4.66. The summed E-state index contributed by atoms with van der Waals surface area (Å²) in [4.78, 5) is 29.2. The van der Waals surface area contributed by atoms with E-state index in [1.807, 2.05) is 0 Å². The molecule has 2 aromatic rings. The Hall–Kier alpha value is -2.40. The number of nitrogens with one attached hydrogen (secondary N) is 1. The number of ether oxygens (including phenoxy) is 1. The highest BCUT2D eigenvalue weighted by molar-refractivity contribution is 6.35. The second-order valence-corrected chi connectivity index (χ2v) is 6.38. The van der Waals surface area contributed by atoms with Gasteiger partial charge in [0, 0.05) is 26.2 Å². The van der Waals surface area contributed by atoms with Crippen molar-refractivity contribution in [3.63, 3.8) is 0 Å². The molecule has 152 valence electrons. The molecule has 0 bridgehead atoms. The maximum Gasteiger partial charge on any atom is 0.523 e. The number of piperazine rings is 1. The van der Waals surface area contributed by atoms with Gasteiger partial charge in [0.1, 0.15) is 18.1 Å². The first-order valence-electron chi connectivity index (χ1n) is 8.01. The number of aromatic nitrogens is 1. The lowest BCUT2D eigenvalue weighted by Crippen LogP contribution is -2.51. The van der Waals surface area contributed by atoms with Crippen LogP contribution in [0.3, 0.4) is 0 Å². The van der Waals surface area contributed by atoms with Crippen molar-refractivity contribution < 1.29 is 36.3 Å². The van der Waals surface area contributed by atoms with Crippen molar-refractivity contribution in [2.75, 3.05) is 32.8 Å². The molecule has 0 spiro atoms. The molecule has 2 amide bonds. The van der Waals surface area contributed by atoms with E-state index in [1.54, 1.807) is 0 Å². The second kappa shape index (κ2) is 7.55. The summed E-state index contributed by atoms with van der Waals surface area (Å²) in [6.07, 6.45) is -4.92. The first-order chi connectivity index (χ1) is 13.1. The molecule has 3 rings (SSSR count). The zero-order valence-electron chi connectivity index (χ0n) is 14.1. The van der Waals surface area contributed by atoms with E-state index in [1.165, 1.54) is 11.0 Å². The number of hydrogen-bond acceptors (Lipinski definition) is 3. The van der Waals surface area contributed by atoms with E-state index in [2.05, 4.69) is 9.72 Å². The number of H-pyrrole nitrogens is 1. The molecule has 2 heterocycles. The first kappa shape index (κ1) is 20.3. The summed E-state index contributed by atoms with van der Waals surface area (Å²) in [6, 6.07) is 2.27. The number of nitrogens with zero attached hydrogens (tertiary/aromatic N) is 2. The van der Waals surface area contributed by atoms with Crippen LogP contribution in [0.25, 0.3) is 10.9 Å². The molecule has 28 heavy (non-hydrogen) atoms. The van der Waals surface area contributed by atoms with Crippen LogP contribution < -0.4 is 0 Å². The molecule has 1 aliphatic rings. The summed E-state index contributed by atoms with van der Waals surface area (Å²) in [5.74, 6) is -3.44. The number of benzene rings is 1. The van der Waals surface area contributed by atoms with Crippen LogP contribution in [-0.4, -0.2) is 65.7 Å². The maximum atomic E-state index is 14.6. The van der Waals surface area contributed by atoms with Gasteiger partial charge in [-0.3, -0.25) is 14.3 Å². The fraction of sp³-hybridized carbons (Fsp3) is 0.375. The van der Waals surface area contributed by atoms with E-state index in [0.717, 1.165) is 11.0 Å². The standard InChI is InChI=1S/C16H13ClF5N3O3/c17-12-8(18)1-2-9-11(12)13(19)14(23-9)15(27)25-5-3-24(4-6-25)10(26)7-28-16(20,21)22/h1-2,23H,3-7H2. The quantitative estimate of drug-likeness (QED) is 0.769. The fourth-order valence-electron chi connectivity index (χ4n) is 2.88. The summed E-state index contributed by atoms with van der Waals surface area (Å²) in [5.41, 5.74) is -0.270. The summed E-state index contributed by atoms with van der Waals surface area (Å²) in [6.45, 7) is -1.27. The van der Waals surface area contributed by atoms with Gasteiger partial charge in [-0.05, 0) is 12.1 Å². The minimum atomic E-state index is -4.92. The number of carbonyl (C=O) groups excluding carboxylic acids is 2. The molecule has 0 atom stereocenters. The Morgan fingerprint density at radius 2 is 1.71 bits per heavy atom. The van der Waals surface area contributed by atoms with Crippen molar-refractivity contribution in [2.24, 2.45) is 0 Å². The van der Waals surface area contributed by atoms with Crippen LogP contribution in [0, 0.1) is 11.6 Å². The third kappa shape index (κ3) is 4.04. The molecule has 0 radical (unpaired) electrons. The maximum absolute atomic E-state index is 14.6. The predicted octanol–water partition coefficient (Wildman–Crippen LogP) is 2.92. The van der Waals surface area contributed by atoms with Crippen LogP contribution in [0.5, 0.6) is 0 Å². The van der Waals surface area contributed by atoms with E-state index in [4.69, 9.17) is 11.6 Å². The number of fused-ring (bicyclic) bond motifs is 1. The molecule has 6 nitrogen and oxygen atoms in total. The summed E-state index contributed by atoms with van der Waals surface area (Å²) in [7, 11) is 0. The van der Waals surface area contributed by atoms with Crippen molar-refractivity contribution in [3.05, 3.63) is 34.5 Å². The monoisotopic (exact) mass is 425 g/mol. The molecule has 1 aliphatic heterocycles. The van der Waals surface area contributed by atoms with Gasteiger partial charge >= 0.3 is 6.36 Å². The van der Waals surface area contributed by atoms with Gasteiger partial charge in [-0.15, -0.1) is 13.2 Å². The van der Waals surface area contributed by atoms with Crippen molar-refractivity contribution >= 4 is 34.3 Å². The second-order valence-electron chi connectivity index (χ2n) is 6.01. The Bertz CT molecular complexity index is 922. The molecule has 0 aliphatic carbocycles. The lowest BCUT2D eigenvalue weighted by atomic mass is 10.2. The van der Waals surface area contributed by atoms with Gasteiger partial charge in [-0.2, -0.15) is 0 Å². The molecular formula is C16H13ClF5N3O3. The number of amides is 2. The van der Waals surface area contributed by atoms with Gasteiger partial charge in [-0.1, -0.05) is 11.6 Å². The van der Waals surface area contributed by atoms with Crippen LogP contribution >= 0.6 is 11.6 Å². The molecule has 0 unspecified atom stereocenters. The largest absolute Gasteiger partial charge is 0.523 e. The molecule has 1 fully saturated rings. The lowest BCUT2D eigenvalue weighted by molar-refractivity contribution is -0.321. The van der Waals surface area contributed by atoms with Crippen molar-refractivity contribution in [1.82, 2.24) is 14.8 Å². The number of halogens is 6. The van der Waals surface area contributed by atoms with Crippen LogP contribution in [-0.2, 0) is 9.53 Å². The molecule has 1 aromatic heterocycles. The highest BCUT2D eigenvalue weighted by atomic mass is 35.5. The number of hydrogen-bond donors (Lipinski definition) is 1. The zero-order chi connectivity index (χ0) is 20.6. The molecule has 12 heteroatoms. The Balaban J connectivity index is 1.67. The summed E-state index contributed by atoms with van der Waals surface area (Å²) >= 11 is 5.75. The van der Waals surface area contributed by atoms with E-state index in [9.17, 15) is 31.5 Å². The minimum absolute atomic E-state index is 0.0203. The summed E-state index contributed by atoms with van der Waals surface area (Å²) < 4.78 is 67.6. The molecular weight excluding hydrogens is 413 g/mol. The van der Waals surface area contributed by atoms with E-state index in [-0.39, 0.29) is 37.1 Å². The van der Waals surface area contributed by atoms with Gasteiger partial charge in [0.2, 0.25) is 5.91 Å². The fourth-order valence-corrected chi connectivity index (χ4v) is 3.13. The average Bonchev–Trinajstić information content (AvgIpc) is 2.99. The van der Waals surface area contributed by atoms with Gasteiger partial charge in [0.15, 0.2) is 5.82 Å². The average molecular weight is 426 g/mol. The molecule has 1 N–H and O–H groups in total. The van der Waals surface area contributed by atoms with Gasteiger partial charge < -0.3 is 14.8 Å². The number of aromatic amines is 1. The molecule has 0 saturated carbocycles. The molecule has 1 saturated heterocycles. The zero-order valence-corrected chi connectivity index (χ0v) is 14.8. The van der Waals surface area contributed by atoms with Gasteiger partial charge in [0.25, 0.3) is 5.91 Å². The smallest absolute Gasteiger partial charge is 0.348 e. The van der Waals surface area contributed by atoms with Crippen LogP contribution in [0.2, 0.25) is 5.02 Å². The Kier molecular flexibility index (Phi) is 5.48. The topological polar surface area (TPSA) is 65.6 Å². The number of rotatable bonds is 3. The highest BCUT2D eigenvalue weighted by Gasteiger charge is 2.33. The minimum Gasteiger partial charge on any atom is -0.348 e. The normalized spacial score (nSPS) is 15.4. The number of carbonyl (C=O) groups is 2. The van der Waals surface area contributed by atoms with Crippen LogP contribution in [0.15, 0.2) is 12.1 Å². The predicted molar refractivity (Wildman–Crippen MR) is 87.7 cm³/mol. The Labute approximate surface area is 159 Å². The third-order valence-electron chi connectivity index (χ3n) is 4.29. The lowest BCUT2D eigenvalue weighted by Gasteiger charge is -2.34. The van der Waals surface area contributed by atoms with Gasteiger partial charge in [-0.25, -0.2) is 8.78 Å². The van der Waals surface area contributed by atoms with Crippen LogP contribution in [0.1, 0.15) is 10.5 Å². The van der Waals surface area contributed by atoms with Crippen molar-refractivity contribution in [2.45, 2.75) is 6.36 Å². The Morgan fingerprint density at radius 3 is 2.32 bits per heavy atom. The van der Waals surface area contributed by atoms with E-state index >= 15 is 0 Å². The SMILES string of the molecule is O=C(COC(F)(F)F)N1CCN(C(=O)c2[nH]c3ccc(F)c(Cl)c3c2F)CC1.